The van der Waals surface area contributed by atoms with E-state index in [-0.39, 0.29) is 23.6 Å². The Hall–Kier alpha value is -1.34. The molecular weight excluding hydrogens is 364 g/mol. The molecule has 0 aliphatic rings. The van der Waals surface area contributed by atoms with E-state index < -0.39 is 11.2 Å². The maximum atomic E-state index is 12.7. The minimum atomic E-state index is -1.39. The summed E-state index contributed by atoms with van der Waals surface area (Å²) in [5, 5.41) is 2.12. The highest BCUT2D eigenvalue weighted by molar-refractivity contribution is 9.10. The van der Waals surface area contributed by atoms with Gasteiger partial charge in [-0.25, -0.2) is 0 Å². The lowest BCUT2D eigenvalue weighted by Gasteiger charge is -2.22. The fraction of sp³-hybridized carbons (Fsp3) is 0.188. The molecule has 0 aliphatic carbocycles. The topological polar surface area (TPSA) is 78.2 Å². The standard InChI is InChI=1S/C16H17BrN2O2S/c17-14-8-4-7-13(9-14)16(12-5-2-1-3-6-12)22(21)10-15(20)19-11-18/h1-9,16H,10-11,18H2,(H,19,20). The lowest BCUT2D eigenvalue weighted by Crippen LogP contribution is -2.35. The Morgan fingerprint density at radius 3 is 2.50 bits per heavy atom. The molecule has 4 nitrogen and oxygen atoms in total. The number of rotatable bonds is 6. The first-order valence-electron chi connectivity index (χ1n) is 6.76. The summed E-state index contributed by atoms with van der Waals surface area (Å²) in [6, 6.07) is 17.2. The summed E-state index contributed by atoms with van der Waals surface area (Å²) in [7, 11) is 0. The Morgan fingerprint density at radius 1 is 1.18 bits per heavy atom. The Labute approximate surface area is 141 Å². The molecule has 0 bridgehead atoms. The van der Waals surface area contributed by atoms with Crippen molar-refractivity contribution >= 4 is 33.0 Å². The molecule has 0 spiro atoms. The van der Waals surface area contributed by atoms with Gasteiger partial charge in [-0.1, -0.05) is 58.4 Å². The van der Waals surface area contributed by atoms with Crippen LogP contribution in [0.25, 0.3) is 0 Å². The molecule has 0 saturated heterocycles. The van der Waals surface area contributed by atoms with Gasteiger partial charge in [-0.15, -0.1) is 0 Å². The van der Waals surface area contributed by atoms with Gasteiger partial charge in [-0.3, -0.25) is 4.79 Å². The third-order valence-electron chi connectivity index (χ3n) is 3.09. The van der Waals surface area contributed by atoms with E-state index in [4.69, 9.17) is 5.73 Å². The van der Waals surface area contributed by atoms with Gasteiger partial charge in [-0.2, -0.15) is 0 Å². The molecule has 0 aromatic heterocycles. The molecule has 2 unspecified atom stereocenters. The van der Waals surface area contributed by atoms with Crippen LogP contribution in [-0.4, -0.2) is 22.9 Å². The number of hydrogen-bond donors (Lipinski definition) is 2. The molecule has 22 heavy (non-hydrogen) atoms. The molecule has 0 radical (unpaired) electrons. The highest BCUT2D eigenvalue weighted by Crippen LogP contribution is 2.32. The Bertz CT molecular complexity index is 625. The van der Waals surface area contributed by atoms with Crippen LogP contribution >= 0.6 is 15.9 Å². The quantitative estimate of drug-likeness (QED) is 0.596. The van der Waals surface area contributed by atoms with Crippen molar-refractivity contribution in [2.24, 2.45) is 5.73 Å². The molecule has 6 heteroatoms. The van der Waals surface area contributed by atoms with E-state index in [9.17, 15) is 9.35 Å². The summed E-state index contributed by atoms with van der Waals surface area (Å²) in [5.74, 6) is -0.389. The third kappa shape index (κ3) is 4.58. The molecule has 2 aromatic carbocycles. The summed E-state index contributed by atoms with van der Waals surface area (Å²) in [6.45, 7) is 0.0446. The predicted octanol–water partition coefficient (Wildman–Crippen LogP) is 2.32. The molecular formula is C16H17BrN2O2S. The monoisotopic (exact) mass is 380 g/mol. The molecule has 116 valence electrons. The summed E-state index contributed by atoms with van der Waals surface area (Å²) in [5.41, 5.74) is 7.10. The van der Waals surface area contributed by atoms with Crippen molar-refractivity contribution in [3.05, 3.63) is 70.2 Å². The van der Waals surface area contributed by atoms with Gasteiger partial charge < -0.3 is 15.6 Å². The molecule has 2 aromatic rings. The van der Waals surface area contributed by atoms with Crippen LogP contribution < -0.4 is 11.1 Å². The molecule has 3 N–H and O–H groups in total. The average molecular weight is 381 g/mol. The molecule has 2 rings (SSSR count). The number of nitrogens with two attached hydrogens (primary N) is 1. The van der Waals surface area contributed by atoms with Crippen LogP contribution in [0.4, 0.5) is 0 Å². The third-order valence-corrected chi connectivity index (χ3v) is 5.20. The zero-order chi connectivity index (χ0) is 15.9. The number of carbonyl (C=O) groups excluding carboxylic acids is 1. The lowest BCUT2D eigenvalue weighted by molar-refractivity contribution is -0.118. The second-order valence-corrected chi connectivity index (χ2v) is 7.11. The number of benzene rings is 2. The summed E-state index contributed by atoms with van der Waals surface area (Å²) < 4.78 is 13.6. The van der Waals surface area contributed by atoms with Crippen LogP contribution in [0, 0.1) is 0 Å². The van der Waals surface area contributed by atoms with Gasteiger partial charge >= 0.3 is 0 Å². The number of hydrogen-bond acceptors (Lipinski definition) is 3. The van der Waals surface area contributed by atoms with Crippen molar-refractivity contribution in [2.45, 2.75) is 5.25 Å². The van der Waals surface area contributed by atoms with Gasteiger partial charge in [0.15, 0.2) is 11.0 Å². The first-order valence-corrected chi connectivity index (χ1v) is 8.93. The minimum absolute atomic E-state index is 0.0446. The van der Waals surface area contributed by atoms with Gasteiger partial charge in [-0.05, 0) is 23.3 Å². The maximum absolute atomic E-state index is 12.7. The number of amides is 1. The maximum Gasteiger partial charge on any atom is 0.270 e. The first kappa shape index (κ1) is 17.0. The van der Waals surface area contributed by atoms with Crippen LogP contribution in [0.2, 0.25) is 0 Å². The Kier molecular flexibility index (Phi) is 6.45. The van der Waals surface area contributed by atoms with Crippen molar-refractivity contribution in [3.8, 4) is 0 Å². The Morgan fingerprint density at radius 2 is 1.86 bits per heavy atom. The van der Waals surface area contributed by atoms with Gasteiger partial charge in [0.05, 0.1) is 6.67 Å². The SMILES string of the molecule is NCNC(=O)C[S+]([O-])C(c1ccccc1)c1cccc(Br)c1. The van der Waals surface area contributed by atoms with E-state index >= 15 is 0 Å². The largest absolute Gasteiger partial charge is 0.615 e. The van der Waals surface area contributed by atoms with E-state index in [1.807, 2.05) is 54.6 Å². The van der Waals surface area contributed by atoms with Gasteiger partial charge in [0, 0.05) is 15.6 Å². The van der Waals surface area contributed by atoms with Crippen molar-refractivity contribution in [2.75, 3.05) is 12.4 Å². The highest BCUT2D eigenvalue weighted by Gasteiger charge is 2.28. The predicted molar refractivity (Wildman–Crippen MR) is 92.6 cm³/mol. The summed E-state index contributed by atoms with van der Waals surface area (Å²) in [6.07, 6.45) is 0. The second-order valence-electron chi connectivity index (χ2n) is 4.67. The van der Waals surface area contributed by atoms with Crippen LogP contribution in [-0.2, 0) is 16.0 Å². The lowest BCUT2D eigenvalue weighted by atomic mass is 10.0. The van der Waals surface area contributed by atoms with Crippen molar-refractivity contribution < 1.29 is 9.35 Å². The zero-order valence-corrected chi connectivity index (χ0v) is 14.3. The molecule has 1 amide bonds. The molecule has 0 aliphatic heterocycles. The molecule has 0 heterocycles. The zero-order valence-electron chi connectivity index (χ0n) is 11.9. The van der Waals surface area contributed by atoms with Gasteiger partial charge in [0.25, 0.3) is 5.91 Å². The average Bonchev–Trinajstić information content (AvgIpc) is 2.49. The first-order chi connectivity index (χ1) is 10.6. The van der Waals surface area contributed by atoms with Crippen molar-refractivity contribution in [1.29, 1.82) is 0 Å². The second kappa shape index (κ2) is 8.33. The normalized spacial score (nSPS) is 13.4. The van der Waals surface area contributed by atoms with Crippen LogP contribution in [0.15, 0.2) is 59.1 Å². The van der Waals surface area contributed by atoms with Crippen LogP contribution in [0.5, 0.6) is 0 Å². The smallest absolute Gasteiger partial charge is 0.270 e. The van der Waals surface area contributed by atoms with Crippen molar-refractivity contribution in [1.82, 2.24) is 5.32 Å². The number of halogens is 1. The van der Waals surface area contributed by atoms with Gasteiger partial charge in [0.1, 0.15) is 0 Å². The van der Waals surface area contributed by atoms with E-state index in [1.54, 1.807) is 0 Å². The summed E-state index contributed by atoms with van der Waals surface area (Å²) >= 11 is 2.05. The highest BCUT2D eigenvalue weighted by atomic mass is 79.9. The van der Waals surface area contributed by atoms with Crippen LogP contribution in [0.3, 0.4) is 0 Å². The molecule has 0 fully saturated rings. The number of nitrogens with one attached hydrogen (secondary N) is 1. The molecule has 2 atom stereocenters. The van der Waals surface area contributed by atoms with E-state index in [0.717, 1.165) is 15.6 Å². The fourth-order valence-electron chi connectivity index (χ4n) is 2.17. The van der Waals surface area contributed by atoms with E-state index in [0.29, 0.717) is 0 Å². The van der Waals surface area contributed by atoms with Crippen molar-refractivity contribution in [3.63, 3.8) is 0 Å². The fourth-order valence-corrected chi connectivity index (χ4v) is 4.03. The minimum Gasteiger partial charge on any atom is -0.615 e. The molecule has 0 saturated carbocycles. The van der Waals surface area contributed by atoms with E-state index in [1.165, 1.54) is 0 Å². The van der Waals surface area contributed by atoms with Gasteiger partial charge in [0.2, 0.25) is 0 Å². The summed E-state index contributed by atoms with van der Waals surface area (Å²) in [4.78, 5) is 11.7. The number of carbonyl (C=O) groups is 1. The Balaban J connectivity index is 2.32. The van der Waals surface area contributed by atoms with Crippen LogP contribution in [0.1, 0.15) is 16.4 Å². The van der Waals surface area contributed by atoms with E-state index in [2.05, 4.69) is 21.2 Å².